The Bertz CT molecular complexity index is 597. The fourth-order valence-electron chi connectivity index (χ4n) is 1.97. The largest absolute Gasteiger partial charge is 0.481 e. The minimum atomic E-state index is -3.75. The molecule has 8 heteroatoms. The quantitative estimate of drug-likeness (QED) is 0.924. The van der Waals surface area contributed by atoms with E-state index in [9.17, 15) is 13.2 Å². The maximum atomic E-state index is 12.3. The molecule has 19 heavy (non-hydrogen) atoms. The number of aliphatic carboxylic acids is 1. The van der Waals surface area contributed by atoms with Crippen molar-refractivity contribution in [3.63, 3.8) is 0 Å². The van der Waals surface area contributed by atoms with E-state index in [1.807, 2.05) is 0 Å². The van der Waals surface area contributed by atoms with Gasteiger partial charge in [-0.1, -0.05) is 23.2 Å². The van der Waals surface area contributed by atoms with Crippen molar-refractivity contribution < 1.29 is 18.3 Å². The average molecular weight is 324 g/mol. The molecule has 0 amide bonds. The highest BCUT2D eigenvalue weighted by molar-refractivity contribution is 7.89. The number of carboxylic acids is 1. The lowest BCUT2D eigenvalue weighted by atomic mass is 10.1. The SMILES string of the molecule is O=C(O)C1CCN(S(=O)(=O)c2cc(Cl)cc(Cl)c2)C1. The topological polar surface area (TPSA) is 74.7 Å². The van der Waals surface area contributed by atoms with E-state index >= 15 is 0 Å². The minimum Gasteiger partial charge on any atom is -0.481 e. The lowest BCUT2D eigenvalue weighted by Gasteiger charge is -2.16. The second-order valence-electron chi connectivity index (χ2n) is 4.29. The van der Waals surface area contributed by atoms with Gasteiger partial charge in [0.1, 0.15) is 0 Å². The molecule has 2 rings (SSSR count). The number of nitrogens with zero attached hydrogens (tertiary/aromatic N) is 1. The van der Waals surface area contributed by atoms with Crippen molar-refractivity contribution in [1.29, 1.82) is 0 Å². The van der Waals surface area contributed by atoms with Crippen LogP contribution in [0.2, 0.25) is 10.0 Å². The molecule has 1 aromatic rings. The average Bonchev–Trinajstić information content (AvgIpc) is 2.77. The molecule has 1 saturated heterocycles. The van der Waals surface area contributed by atoms with Gasteiger partial charge in [-0.05, 0) is 24.6 Å². The molecule has 1 aliphatic rings. The van der Waals surface area contributed by atoms with Crippen molar-refractivity contribution in [2.45, 2.75) is 11.3 Å². The van der Waals surface area contributed by atoms with E-state index in [0.717, 1.165) is 4.31 Å². The van der Waals surface area contributed by atoms with Crippen LogP contribution in [-0.4, -0.2) is 36.9 Å². The molecule has 0 spiro atoms. The second-order valence-corrected chi connectivity index (χ2v) is 7.10. The first kappa shape index (κ1) is 14.6. The summed E-state index contributed by atoms with van der Waals surface area (Å²) in [5.41, 5.74) is 0. The van der Waals surface area contributed by atoms with Gasteiger partial charge in [-0.3, -0.25) is 4.79 Å². The molecule has 0 radical (unpaired) electrons. The van der Waals surface area contributed by atoms with Crippen LogP contribution in [0.3, 0.4) is 0 Å². The molecule has 1 N–H and O–H groups in total. The number of benzene rings is 1. The third kappa shape index (κ3) is 3.02. The maximum absolute atomic E-state index is 12.3. The zero-order valence-electron chi connectivity index (χ0n) is 9.71. The molecular formula is C11H11Cl2NO4S. The Labute approximate surface area is 120 Å². The van der Waals surface area contributed by atoms with E-state index in [-0.39, 0.29) is 28.0 Å². The Morgan fingerprint density at radius 2 is 1.84 bits per heavy atom. The predicted molar refractivity (Wildman–Crippen MR) is 71.0 cm³/mol. The summed E-state index contributed by atoms with van der Waals surface area (Å²) in [6, 6.07) is 4.04. The second kappa shape index (κ2) is 5.28. The van der Waals surface area contributed by atoms with Gasteiger partial charge in [0.15, 0.2) is 0 Å². The van der Waals surface area contributed by atoms with E-state index in [1.165, 1.54) is 18.2 Å². The van der Waals surface area contributed by atoms with Crippen LogP contribution in [0.5, 0.6) is 0 Å². The molecule has 0 aliphatic carbocycles. The van der Waals surface area contributed by atoms with Crippen molar-refractivity contribution in [3.05, 3.63) is 28.2 Å². The predicted octanol–water partition coefficient (Wildman–Crippen LogP) is 2.09. The Morgan fingerprint density at radius 1 is 1.26 bits per heavy atom. The molecule has 1 aliphatic heterocycles. The molecule has 0 bridgehead atoms. The van der Waals surface area contributed by atoms with Crippen LogP contribution in [0.15, 0.2) is 23.1 Å². The van der Waals surface area contributed by atoms with Crippen LogP contribution in [0.4, 0.5) is 0 Å². The fraction of sp³-hybridized carbons (Fsp3) is 0.364. The highest BCUT2D eigenvalue weighted by Crippen LogP contribution is 2.28. The molecule has 0 saturated carbocycles. The zero-order valence-corrected chi connectivity index (χ0v) is 12.0. The lowest BCUT2D eigenvalue weighted by molar-refractivity contribution is -0.141. The number of rotatable bonds is 3. The zero-order chi connectivity index (χ0) is 14.2. The van der Waals surface area contributed by atoms with Crippen molar-refractivity contribution in [1.82, 2.24) is 4.31 Å². The van der Waals surface area contributed by atoms with Gasteiger partial charge in [-0.15, -0.1) is 0 Å². The highest BCUT2D eigenvalue weighted by Gasteiger charge is 2.35. The van der Waals surface area contributed by atoms with Crippen LogP contribution in [0, 0.1) is 5.92 Å². The Morgan fingerprint density at radius 3 is 2.32 bits per heavy atom. The van der Waals surface area contributed by atoms with Gasteiger partial charge < -0.3 is 5.11 Å². The molecule has 1 atom stereocenters. The van der Waals surface area contributed by atoms with Crippen LogP contribution in [0.25, 0.3) is 0 Å². The van der Waals surface area contributed by atoms with Gasteiger partial charge in [-0.25, -0.2) is 8.42 Å². The maximum Gasteiger partial charge on any atom is 0.307 e. The van der Waals surface area contributed by atoms with Crippen LogP contribution < -0.4 is 0 Å². The first-order valence-corrected chi connectivity index (χ1v) is 7.69. The summed E-state index contributed by atoms with van der Waals surface area (Å²) in [5.74, 6) is -1.65. The fourth-order valence-corrected chi connectivity index (χ4v) is 4.20. The normalized spacial score (nSPS) is 20.6. The highest BCUT2D eigenvalue weighted by atomic mass is 35.5. The van der Waals surface area contributed by atoms with Crippen LogP contribution in [-0.2, 0) is 14.8 Å². The van der Waals surface area contributed by atoms with Crippen LogP contribution in [0.1, 0.15) is 6.42 Å². The molecule has 0 aromatic heterocycles. The number of sulfonamides is 1. The minimum absolute atomic E-state index is 0.0176. The van der Waals surface area contributed by atoms with Gasteiger partial charge in [0.25, 0.3) is 0 Å². The standard InChI is InChI=1S/C11H11Cl2NO4S/c12-8-3-9(13)5-10(4-8)19(17,18)14-2-1-7(6-14)11(15)16/h3-5,7H,1-2,6H2,(H,15,16). The molecule has 104 valence electrons. The third-order valence-electron chi connectivity index (χ3n) is 2.97. The van der Waals surface area contributed by atoms with Crippen molar-refractivity contribution in [3.8, 4) is 0 Å². The summed E-state index contributed by atoms with van der Waals surface area (Å²) in [6.45, 7) is 0.158. The number of carbonyl (C=O) groups is 1. The number of halogens is 2. The lowest BCUT2D eigenvalue weighted by Crippen LogP contribution is -2.30. The van der Waals surface area contributed by atoms with Gasteiger partial charge in [0.05, 0.1) is 10.8 Å². The van der Waals surface area contributed by atoms with Crippen molar-refractivity contribution in [2.75, 3.05) is 13.1 Å². The first-order chi connectivity index (χ1) is 8.80. The summed E-state index contributed by atoms with van der Waals surface area (Å²) in [5, 5.41) is 9.34. The van der Waals surface area contributed by atoms with E-state index in [0.29, 0.717) is 6.42 Å². The first-order valence-electron chi connectivity index (χ1n) is 5.50. The van der Waals surface area contributed by atoms with Crippen molar-refractivity contribution in [2.24, 2.45) is 5.92 Å². The summed E-state index contributed by atoms with van der Waals surface area (Å²) in [4.78, 5) is 10.8. The molecular weight excluding hydrogens is 313 g/mol. The molecule has 1 heterocycles. The van der Waals surface area contributed by atoms with E-state index in [4.69, 9.17) is 28.3 Å². The molecule has 1 unspecified atom stereocenters. The molecule has 5 nitrogen and oxygen atoms in total. The Hall–Kier alpha value is -0.820. The van der Waals surface area contributed by atoms with Gasteiger partial charge in [0.2, 0.25) is 10.0 Å². The number of carboxylic acid groups (broad SMARTS) is 1. The van der Waals surface area contributed by atoms with E-state index in [1.54, 1.807) is 0 Å². The number of hydrogen-bond donors (Lipinski definition) is 1. The molecule has 1 fully saturated rings. The van der Waals surface area contributed by atoms with Gasteiger partial charge in [-0.2, -0.15) is 4.31 Å². The summed E-state index contributed by atoms with van der Waals surface area (Å²) in [6.07, 6.45) is 0.308. The summed E-state index contributed by atoms with van der Waals surface area (Å²) >= 11 is 11.6. The monoisotopic (exact) mass is 323 g/mol. The summed E-state index contributed by atoms with van der Waals surface area (Å²) < 4.78 is 25.8. The Kier molecular flexibility index (Phi) is 4.06. The third-order valence-corrected chi connectivity index (χ3v) is 5.25. The summed E-state index contributed by atoms with van der Waals surface area (Å²) in [7, 11) is -3.75. The van der Waals surface area contributed by atoms with Gasteiger partial charge >= 0.3 is 5.97 Å². The van der Waals surface area contributed by atoms with Crippen LogP contribution >= 0.6 is 23.2 Å². The smallest absolute Gasteiger partial charge is 0.307 e. The Balaban J connectivity index is 2.31. The number of hydrogen-bond acceptors (Lipinski definition) is 3. The van der Waals surface area contributed by atoms with Gasteiger partial charge in [0, 0.05) is 23.1 Å². The van der Waals surface area contributed by atoms with Crippen molar-refractivity contribution >= 4 is 39.2 Å². The van der Waals surface area contributed by atoms with E-state index in [2.05, 4.69) is 0 Å². The van der Waals surface area contributed by atoms with E-state index < -0.39 is 21.9 Å². The molecule has 1 aromatic carbocycles.